The molecule has 0 spiro atoms. The van der Waals surface area contributed by atoms with Crippen LogP contribution in [0.4, 0.5) is 0 Å². The molecule has 0 unspecified atom stereocenters. The maximum Gasteiger partial charge on any atom is 0.00721 e. The SMILES string of the molecule is CC(C)N1CC[C@H](C)C[C@@H]1C. The standard InChI is InChI=1S/C10H21N/c1-8(2)11-6-5-9(3)7-10(11)4/h8-10H,5-7H2,1-4H3/t9-,10-/m0/s1. The molecule has 1 nitrogen and oxygen atoms in total. The third-order valence-corrected chi connectivity index (χ3v) is 2.85. The van der Waals surface area contributed by atoms with Crippen molar-refractivity contribution in [2.75, 3.05) is 6.54 Å². The highest BCUT2D eigenvalue weighted by molar-refractivity contribution is 4.78. The molecular formula is C10H21N. The fourth-order valence-electron chi connectivity index (χ4n) is 2.19. The smallest absolute Gasteiger partial charge is 0.00721 e. The Hall–Kier alpha value is -0.0400. The Morgan fingerprint density at radius 1 is 1.27 bits per heavy atom. The highest BCUT2D eigenvalue weighted by atomic mass is 15.2. The van der Waals surface area contributed by atoms with E-state index in [9.17, 15) is 0 Å². The molecule has 1 heterocycles. The molecule has 0 bridgehead atoms. The van der Waals surface area contributed by atoms with Crippen molar-refractivity contribution < 1.29 is 0 Å². The monoisotopic (exact) mass is 155 g/mol. The van der Waals surface area contributed by atoms with Crippen molar-refractivity contribution in [2.45, 2.75) is 52.6 Å². The summed E-state index contributed by atoms with van der Waals surface area (Å²) in [6, 6.07) is 1.54. The van der Waals surface area contributed by atoms with E-state index in [4.69, 9.17) is 0 Å². The molecule has 0 amide bonds. The van der Waals surface area contributed by atoms with Crippen LogP contribution in [0.5, 0.6) is 0 Å². The fourth-order valence-corrected chi connectivity index (χ4v) is 2.19. The Labute approximate surface area is 70.8 Å². The van der Waals surface area contributed by atoms with Crippen molar-refractivity contribution in [1.29, 1.82) is 0 Å². The molecule has 0 radical (unpaired) electrons. The van der Waals surface area contributed by atoms with Gasteiger partial charge in [-0.25, -0.2) is 0 Å². The molecule has 2 atom stereocenters. The van der Waals surface area contributed by atoms with Gasteiger partial charge < -0.3 is 0 Å². The van der Waals surface area contributed by atoms with Crippen LogP contribution < -0.4 is 0 Å². The Morgan fingerprint density at radius 3 is 2.36 bits per heavy atom. The van der Waals surface area contributed by atoms with Gasteiger partial charge in [-0.1, -0.05) is 6.92 Å². The number of rotatable bonds is 1. The van der Waals surface area contributed by atoms with Crippen LogP contribution in [0.2, 0.25) is 0 Å². The molecule has 0 aromatic carbocycles. The molecular weight excluding hydrogens is 134 g/mol. The van der Waals surface area contributed by atoms with Gasteiger partial charge in [0.05, 0.1) is 0 Å². The van der Waals surface area contributed by atoms with E-state index in [1.165, 1.54) is 19.4 Å². The summed E-state index contributed by atoms with van der Waals surface area (Å²) in [5, 5.41) is 0. The first-order valence-electron chi connectivity index (χ1n) is 4.87. The maximum absolute atomic E-state index is 2.61. The quantitative estimate of drug-likeness (QED) is 0.562. The van der Waals surface area contributed by atoms with E-state index in [1.807, 2.05) is 0 Å². The minimum Gasteiger partial charge on any atom is -0.298 e. The number of piperidine rings is 1. The average Bonchev–Trinajstić information content (AvgIpc) is 1.85. The highest BCUT2D eigenvalue weighted by Crippen LogP contribution is 2.23. The average molecular weight is 155 g/mol. The maximum atomic E-state index is 2.61. The van der Waals surface area contributed by atoms with E-state index >= 15 is 0 Å². The van der Waals surface area contributed by atoms with Gasteiger partial charge in [0.2, 0.25) is 0 Å². The van der Waals surface area contributed by atoms with Crippen LogP contribution in [0.15, 0.2) is 0 Å². The van der Waals surface area contributed by atoms with Crippen molar-refractivity contribution in [2.24, 2.45) is 5.92 Å². The Bertz CT molecular complexity index is 120. The molecule has 1 heteroatoms. The van der Waals surface area contributed by atoms with E-state index in [1.54, 1.807) is 0 Å². The molecule has 1 saturated heterocycles. The molecule has 1 rings (SSSR count). The van der Waals surface area contributed by atoms with E-state index in [2.05, 4.69) is 32.6 Å². The van der Waals surface area contributed by atoms with Crippen LogP contribution in [-0.2, 0) is 0 Å². The normalized spacial score (nSPS) is 34.6. The first-order chi connectivity index (χ1) is 5.11. The molecule has 11 heavy (non-hydrogen) atoms. The van der Waals surface area contributed by atoms with Crippen molar-refractivity contribution in [3.05, 3.63) is 0 Å². The van der Waals surface area contributed by atoms with Gasteiger partial charge in [-0.2, -0.15) is 0 Å². The summed E-state index contributed by atoms with van der Waals surface area (Å²) in [5.41, 5.74) is 0. The van der Waals surface area contributed by atoms with Crippen molar-refractivity contribution >= 4 is 0 Å². The van der Waals surface area contributed by atoms with Gasteiger partial charge in [0, 0.05) is 12.1 Å². The van der Waals surface area contributed by atoms with E-state index < -0.39 is 0 Å². The van der Waals surface area contributed by atoms with Crippen LogP contribution in [0.1, 0.15) is 40.5 Å². The summed E-state index contributed by atoms with van der Waals surface area (Å²) in [4.78, 5) is 2.61. The third-order valence-electron chi connectivity index (χ3n) is 2.85. The van der Waals surface area contributed by atoms with Crippen LogP contribution >= 0.6 is 0 Å². The minimum atomic E-state index is 0.734. The lowest BCUT2D eigenvalue weighted by atomic mass is 9.92. The zero-order valence-corrected chi connectivity index (χ0v) is 8.30. The molecule has 0 aliphatic carbocycles. The number of hydrogen-bond acceptors (Lipinski definition) is 1. The van der Waals surface area contributed by atoms with Gasteiger partial charge in [-0.05, 0) is 46.1 Å². The molecule has 0 aromatic rings. The van der Waals surface area contributed by atoms with Crippen molar-refractivity contribution in [1.82, 2.24) is 4.90 Å². The summed E-state index contributed by atoms with van der Waals surface area (Å²) in [6.45, 7) is 10.6. The van der Waals surface area contributed by atoms with Crippen molar-refractivity contribution in [3.8, 4) is 0 Å². The molecule has 1 fully saturated rings. The van der Waals surface area contributed by atoms with Gasteiger partial charge in [-0.3, -0.25) is 4.90 Å². The number of likely N-dealkylation sites (tertiary alicyclic amines) is 1. The zero-order chi connectivity index (χ0) is 8.43. The van der Waals surface area contributed by atoms with Gasteiger partial charge in [0.25, 0.3) is 0 Å². The second-order valence-electron chi connectivity index (χ2n) is 4.31. The Balaban J connectivity index is 2.44. The van der Waals surface area contributed by atoms with E-state index in [-0.39, 0.29) is 0 Å². The van der Waals surface area contributed by atoms with Gasteiger partial charge in [0.1, 0.15) is 0 Å². The van der Waals surface area contributed by atoms with E-state index in [0.717, 1.165) is 18.0 Å². The lowest BCUT2D eigenvalue weighted by molar-refractivity contribution is 0.0974. The van der Waals surface area contributed by atoms with Gasteiger partial charge in [0.15, 0.2) is 0 Å². The summed E-state index contributed by atoms with van der Waals surface area (Å²) in [5.74, 6) is 0.944. The summed E-state index contributed by atoms with van der Waals surface area (Å²) >= 11 is 0. The number of nitrogens with zero attached hydrogens (tertiary/aromatic N) is 1. The number of hydrogen-bond donors (Lipinski definition) is 0. The second-order valence-corrected chi connectivity index (χ2v) is 4.31. The van der Waals surface area contributed by atoms with Crippen LogP contribution in [0.3, 0.4) is 0 Å². The molecule has 1 aliphatic heterocycles. The van der Waals surface area contributed by atoms with Crippen LogP contribution in [0, 0.1) is 5.92 Å². The highest BCUT2D eigenvalue weighted by Gasteiger charge is 2.23. The third kappa shape index (κ3) is 2.19. The van der Waals surface area contributed by atoms with Gasteiger partial charge >= 0.3 is 0 Å². The molecule has 1 aliphatic rings. The van der Waals surface area contributed by atoms with Crippen molar-refractivity contribution in [3.63, 3.8) is 0 Å². The largest absolute Gasteiger partial charge is 0.298 e. The Kier molecular flexibility index (Phi) is 2.94. The predicted molar refractivity (Wildman–Crippen MR) is 49.7 cm³/mol. The molecule has 0 saturated carbocycles. The first kappa shape index (κ1) is 9.05. The molecule has 0 aromatic heterocycles. The van der Waals surface area contributed by atoms with Crippen LogP contribution in [0.25, 0.3) is 0 Å². The summed E-state index contributed by atoms with van der Waals surface area (Å²) < 4.78 is 0. The minimum absolute atomic E-state index is 0.734. The topological polar surface area (TPSA) is 3.24 Å². The predicted octanol–water partition coefficient (Wildman–Crippen LogP) is 2.52. The lowest BCUT2D eigenvalue weighted by Crippen LogP contribution is -2.44. The molecule has 66 valence electrons. The summed E-state index contributed by atoms with van der Waals surface area (Å²) in [7, 11) is 0. The fraction of sp³-hybridized carbons (Fsp3) is 1.00. The lowest BCUT2D eigenvalue weighted by Gasteiger charge is -2.39. The van der Waals surface area contributed by atoms with Crippen LogP contribution in [-0.4, -0.2) is 23.5 Å². The first-order valence-corrected chi connectivity index (χ1v) is 4.87. The van der Waals surface area contributed by atoms with Gasteiger partial charge in [-0.15, -0.1) is 0 Å². The summed E-state index contributed by atoms with van der Waals surface area (Å²) in [6.07, 6.45) is 2.78. The molecule has 0 N–H and O–H groups in total. The Morgan fingerprint density at radius 2 is 1.91 bits per heavy atom. The van der Waals surface area contributed by atoms with E-state index in [0.29, 0.717) is 0 Å². The zero-order valence-electron chi connectivity index (χ0n) is 8.30. The second kappa shape index (κ2) is 3.57.